The Hall–Kier alpha value is -4.69. The van der Waals surface area contributed by atoms with Crippen LogP contribution in [0.4, 0.5) is 11.4 Å². The van der Waals surface area contributed by atoms with E-state index in [0.717, 1.165) is 65.6 Å². The second kappa shape index (κ2) is 11.0. The minimum absolute atomic E-state index is 0.255. The lowest BCUT2D eigenvalue weighted by atomic mass is 10.1. The Bertz CT molecular complexity index is 1590. The molecule has 3 heterocycles. The highest BCUT2D eigenvalue weighted by Crippen LogP contribution is 2.27. The number of piperazine rings is 1. The molecule has 5 aromatic rings. The van der Waals surface area contributed by atoms with Gasteiger partial charge in [0.15, 0.2) is 5.65 Å². The Balaban J connectivity index is 1.19. The van der Waals surface area contributed by atoms with Gasteiger partial charge in [0.05, 0.1) is 6.20 Å². The number of nitrogens with zero attached hydrogens (tertiary/aromatic N) is 4. The highest BCUT2D eigenvalue weighted by Gasteiger charge is 2.16. The Morgan fingerprint density at radius 2 is 1.79 bits per heavy atom. The van der Waals surface area contributed by atoms with Crippen molar-refractivity contribution in [2.24, 2.45) is 0 Å². The lowest BCUT2D eigenvalue weighted by molar-refractivity contribution is 0.102. The van der Waals surface area contributed by atoms with Gasteiger partial charge in [-0.05, 0) is 53.9 Å². The number of aromatic nitrogens is 3. The molecule has 0 unspecified atom stereocenters. The summed E-state index contributed by atoms with van der Waals surface area (Å²) in [4.78, 5) is 20.3. The average Bonchev–Trinajstić information content (AvgIpc) is 3.42. The van der Waals surface area contributed by atoms with Gasteiger partial charge < -0.3 is 20.3 Å². The first kappa shape index (κ1) is 24.6. The highest BCUT2D eigenvalue weighted by molar-refractivity contribution is 6.04. The van der Waals surface area contributed by atoms with E-state index in [1.807, 2.05) is 73.7 Å². The van der Waals surface area contributed by atoms with E-state index in [1.165, 1.54) is 0 Å². The van der Waals surface area contributed by atoms with Gasteiger partial charge in [0.1, 0.15) is 18.1 Å². The number of hydrogen-bond acceptors (Lipinski definition) is 6. The minimum Gasteiger partial charge on any atom is -0.489 e. The molecule has 39 heavy (non-hydrogen) atoms. The van der Waals surface area contributed by atoms with Gasteiger partial charge in [0.2, 0.25) is 0 Å². The first-order chi connectivity index (χ1) is 19.1. The van der Waals surface area contributed by atoms with Crippen LogP contribution in [0.3, 0.4) is 0 Å². The van der Waals surface area contributed by atoms with Gasteiger partial charge >= 0.3 is 0 Å². The number of hydrogen-bond donors (Lipinski definition) is 2. The van der Waals surface area contributed by atoms with Crippen LogP contribution in [0.25, 0.3) is 16.8 Å². The summed E-state index contributed by atoms with van der Waals surface area (Å²) in [5.74, 6) is 0.528. The average molecular weight is 519 g/mol. The van der Waals surface area contributed by atoms with Gasteiger partial charge in [-0.15, -0.1) is 0 Å². The van der Waals surface area contributed by atoms with Crippen molar-refractivity contribution >= 4 is 22.9 Å². The number of benzene rings is 3. The predicted molar refractivity (Wildman–Crippen MR) is 153 cm³/mol. The van der Waals surface area contributed by atoms with Gasteiger partial charge in [-0.1, -0.05) is 48.5 Å². The van der Waals surface area contributed by atoms with Gasteiger partial charge in [-0.2, -0.15) is 5.10 Å². The van der Waals surface area contributed by atoms with Crippen LogP contribution in [0.5, 0.6) is 5.75 Å². The molecule has 1 amide bonds. The predicted octanol–water partition coefficient (Wildman–Crippen LogP) is 4.95. The summed E-state index contributed by atoms with van der Waals surface area (Å²) in [5, 5.41) is 10.9. The molecule has 2 N–H and O–H groups in total. The Morgan fingerprint density at radius 3 is 2.59 bits per heavy atom. The van der Waals surface area contributed by atoms with Crippen molar-refractivity contribution in [1.82, 2.24) is 19.9 Å². The number of ether oxygens (including phenoxy) is 1. The third-order valence-corrected chi connectivity index (χ3v) is 6.97. The molecule has 1 fully saturated rings. The first-order valence-corrected chi connectivity index (χ1v) is 13.1. The fourth-order valence-corrected chi connectivity index (χ4v) is 4.72. The molecule has 1 aliphatic rings. The molecule has 0 radical (unpaired) electrons. The van der Waals surface area contributed by atoms with E-state index in [-0.39, 0.29) is 5.91 Å². The van der Waals surface area contributed by atoms with E-state index in [4.69, 9.17) is 4.74 Å². The maximum absolute atomic E-state index is 13.3. The van der Waals surface area contributed by atoms with Crippen molar-refractivity contribution in [3.63, 3.8) is 0 Å². The molecule has 3 aromatic carbocycles. The monoisotopic (exact) mass is 518 g/mol. The normalized spacial score (nSPS) is 13.4. The van der Waals surface area contributed by atoms with E-state index in [1.54, 1.807) is 23.0 Å². The van der Waals surface area contributed by atoms with Crippen LogP contribution in [0.2, 0.25) is 0 Å². The van der Waals surface area contributed by atoms with Crippen LogP contribution in [-0.2, 0) is 6.61 Å². The molecule has 2 aromatic heterocycles. The molecule has 8 heteroatoms. The Kier molecular flexibility index (Phi) is 6.93. The van der Waals surface area contributed by atoms with E-state index in [2.05, 4.69) is 31.7 Å². The van der Waals surface area contributed by atoms with Crippen LogP contribution in [0, 0.1) is 6.92 Å². The number of rotatable bonds is 7. The number of carbonyl (C=O) groups is 1. The molecular formula is C31H30N6O2. The minimum atomic E-state index is -0.255. The fraction of sp³-hybridized carbons (Fsp3) is 0.194. The lowest BCUT2D eigenvalue weighted by Gasteiger charge is -2.30. The molecule has 196 valence electrons. The zero-order valence-corrected chi connectivity index (χ0v) is 21.8. The maximum Gasteiger partial charge on any atom is 0.274 e. The molecule has 0 bridgehead atoms. The van der Waals surface area contributed by atoms with E-state index in [0.29, 0.717) is 17.9 Å². The summed E-state index contributed by atoms with van der Waals surface area (Å²) in [5.41, 5.74) is 6.75. The Morgan fingerprint density at radius 1 is 1.00 bits per heavy atom. The summed E-state index contributed by atoms with van der Waals surface area (Å²) in [7, 11) is 0. The van der Waals surface area contributed by atoms with E-state index in [9.17, 15) is 4.79 Å². The van der Waals surface area contributed by atoms with Gasteiger partial charge in [-0.3, -0.25) is 4.79 Å². The summed E-state index contributed by atoms with van der Waals surface area (Å²) in [6.07, 6.45) is 3.53. The summed E-state index contributed by atoms with van der Waals surface area (Å²) in [6.45, 7) is 6.30. The van der Waals surface area contributed by atoms with E-state index < -0.39 is 0 Å². The summed E-state index contributed by atoms with van der Waals surface area (Å²) in [6, 6.07) is 25.8. The van der Waals surface area contributed by atoms with Gasteiger partial charge in [-0.25, -0.2) is 9.50 Å². The number of fused-ring (bicyclic) bond motifs is 1. The molecule has 8 nitrogen and oxygen atoms in total. The second-order valence-corrected chi connectivity index (χ2v) is 9.63. The molecule has 1 aliphatic heterocycles. The number of aryl methyl sites for hydroxylation is 1. The Labute approximate surface area is 227 Å². The van der Waals surface area contributed by atoms with Crippen LogP contribution in [-0.4, -0.2) is 46.7 Å². The van der Waals surface area contributed by atoms with Crippen LogP contribution < -0.4 is 20.3 Å². The smallest absolute Gasteiger partial charge is 0.274 e. The van der Waals surface area contributed by atoms with Crippen LogP contribution in [0.1, 0.15) is 21.6 Å². The molecule has 0 saturated carbocycles. The number of carbonyl (C=O) groups excluding carboxylic acids is 1. The van der Waals surface area contributed by atoms with Crippen molar-refractivity contribution in [2.75, 3.05) is 36.4 Å². The van der Waals surface area contributed by atoms with Crippen LogP contribution in [0.15, 0.2) is 91.3 Å². The highest BCUT2D eigenvalue weighted by atomic mass is 16.5. The quantitative estimate of drug-likeness (QED) is 0.317. The van der Waals surface area contributed by atoms with Crippen molar-refractivity contribution in [2.45, 2.75) is 13.5 Å². The lowest BCUT2D eigenvalue weighted by Crippen LogP contribution is -2.43. The maximum atomic E-state index is 13.3. The van der Waals surface area contributed by atoms with Gasteiger partial charge in [0, 0.05) is 49.3 Å². The molecule has 0 aliphatic carbocycles. The van der Waals surface area contributed by atoms with Crippen molar-refractivity contribution in [1.29, 1.82) is 0 Å². The van der Waals surface area contributed by atoms with Crippen molar-refractivity contribution in [3.8, 4) is 16.9 Å². The zero-order valence-electron chi connectivity index (χ0n) is 21.8. The first-order valence-electron chi connectivity index (χ1n) is 13.1. The fourth-order valence-electron chi connectivity index (χ4n) is 4.72. The SMILES string of the molecule is Cc1ccc(N2CCNCC2)cc1NC(=O)c1ccn2ncc(-c3ccc(OCc4ccccc4)cc3)c2n1. The molecule has 0 atom stereocenters. The molecule has 6 rings (SSSR count). The molecular weight excluding hydrogens is 488 g/mol. The zero-order chi connectivity index (χ0) is 26.6. The second-order valence-electron chi connectivity index (χ2n) is 9.63. The largest absolute Gasteiger partial charge is 0.489 e. The third-order valence-electron chi connectivity index (χ3n) is 6.97. The summed E-state index contributed by atoms with van der Waals surface area (Å²) >= 11 is 0. The topological polar surface area (TPSA) is 83.8 Å². The van der Waals surface area contributed by atoms with E-state index >= 15 is 0 Å². The molecule has 0 spiro atoms. The van der Waals surface area contributed by atoms with Gasteiger partial charge in [0.25, 0.3) is 5.91 Å². The summed E-state index contributed by atoms with van der Waals surface area (Å²) < 4.78 is 7.60. The standard InChI is InChI=1S/C31H30N6O2/c1-22-7-10-25(36-17-14-32-15-18-36)19-29(22)35-31(38)28-13-16-37-30(34-28)27(20-33-37)24-8-11-26(12-9-24)39-21-23-5-3-2-4-6-23/h2-13,16,19-20,32H,14-15,17-18,21H2,1H3,(H,35,38). The number of amides is 1. The third kappa shape index (κ3) is 5.46. The van der Waals surface area contributed by atoms with Crippen molar-refractivity contribution < 1.29 is 9.53 Å². The van der Waals surface area contributed by atoms with Crippen LogP contribution >= 0.6 is 0 Å². The number of nitrogens with one attached hydrogen (secondary N) is 2. The molecule has 1 saturated heterocycles. The number of anilines is 2. The van der Waals surface area contributed by atoms with Crippen molar-refractivity contribution in [3.05, 3.63) is 108 Å².